The number of alkyl halides is 3. The third kappa shape index (κ3) is 5.44. The first kappa shape index (κ1) is 18.7. The molecule has 1 aromatic carbocycles. The average Bonchev–Trinajstić information content (AvgIpc) is 2.49. The summed E-state index contributed by atoms with van der Waals surface area (Å²) in [5.74, 6) is -0.643. The fraction of sp³-hybridized carbons (Fsp3) is 0.353. The number of aromatic nitrogens is 2. The largest absolute Gasteiger partial charge is 0.389 e. The number of amides is 1. The van der Waals surface area contributed by atoms with E-state index >= 15 is 0 Å². The quantitative estimate of drug-likeness (QED) is 0.867. The van der Waals surface area contributed by atoms with Gasteiger partial charge in [-0.1, -0.05) is 29.8 Å². The first-order chi connectivity index (χ1) is 11.7. The molecule has 0 radical (unpaired) electrons. The summed E-state index contributed by atoms with van der Waals surface area (Å²) in [5.41, 5.74) is 6.65. The predicted molar refractivity (Wildman–Crippen MR) is 86.9 cm³/mol. The summed E-state index contributed by atoms with van der Waals surface area (Å²) >= 11 is 0. The molecule has 1 aromatic heterocycles. The van der Waals surface area contributed by atoms with Gasteiger partial charge in [0.25, 0.3) is 5.56 Å². The molecular weight excluding hydrogens is 335 g/mol. The monoisotopic (exact) mass is 353 g/mol. The number of hydrogen-bond acceptors (Lipinski definition) is 3. The van der Waals surface area contributed by atoms with E-state index in [0.29, 0.717) is 11.3 Å². The highest BCUT2D eigenvalue weighted by atomic mass is 19.4. The number of nitrogens with zero attached hydrogens (tertiary/aromatic N) is 2. The van der Waals surface area contributed by atoms with Crippen molar-refractivity contribution in [3.05, 3.63) is 52.1 Å². The second-order valence-corrected chi connectivity index (χ2v) is 5.78. The van der Waals surface area contributed by atoms with Gasteiger partial charge in [0.15, 0.2) is 0 Å². The molecule has 0 aliphatic rings. The van der Waals surface area contributed by atoms with Crippen molar-refractivity contribution in [2.45, 2.75) is 38.9 Å². The highest BCUT2D eigenvalue weighted by molar-refractivity contribution is 5.73. The van der Waals surface area contributed by atoms with Crippen molar-refractivity contribution in [3.63, 3.8) is 0 Å². The third-order valence-electron chi connectivity index (χ3n) is 3.61. The van der Waals surface area contributed by atoms with Gasteiger partial charge in [-0.15, -0.1) is 0 Å². The van der Waals surface area contributed by atoms with Crippen molar-refractivity contribution in [2.75, 3.05) is 0 Å². The minimum absolute atomic E-state index is 0.0816. The molecule has 1 heterocycles. The highest BCUT2D eigenvalue weighted by Crippen LogP contribution is 2.23. The zero-order chi connectivity index (χ0) is 18.6. The van der Waals surface area contributed by atoms with Gasteiger partial charge in [-0.05, 0) is 13.3 Å². The number of benzene rings is 1. The Morgan fingerprint density at radius 1 is 1.24 bits per heavy atom. The summed E-state index contributed by atoms with van der Waals surface area (Å²) in [5, 5.41) is 0. The van der Waals surface area contributed by atoms with Gasteiger partial charge < -0.3 is 5.73 Å². The lowest BCUT2D eigenvalue weighted by Gasteiger charge is -2.13. The molecule has 0 atom stereocenters. The van der Waals surface area contributed by atoms with Crippen LogP contribution < -0.4 is 11.3 Å². The number of nitrogens with two attached hydrogens (primary N) is 1. The molecule has 2 aromatic rings. The molecule has 0 saturated heterocycles. The smallest absolute Gasteiger partial charge is 0.368 e. The standard InChI is InChI=1S/C17H18F3N3O2/c1-11-4-6-12(7-5-11)13-9-16(25)23(10-14(21)24)15(22-13)3-2-8-17(18,19)20/h4-7,9H,2-3,8,10H2,1H3,(H2,21,24). The van der Waals surface area contributed by atoms with Gasteiger partial charge in [-0.2, -0.15) is 13.2 Å². The van der Waals surface area contributed by atoms with Crippen LogP contribution in [0.3, 0.4) is 0 Å². The fourth-order valence-electron chi connectivity index (χ4n) is 2.39. The van der Waals surface area contributed by atoms with E-state index in [1.807, 2.05) is 19.1 Å². The molecule has 0 fully saturated rings. The van der Waals surface area contributed by atoms with E-state index in [4.69, 9.17) is 5.73 Å². The number of halogens is 3. The lowest BCUT2D eigenvalue weighted by Crippen LogP contribution is -2.31. The Labute approximate surface area is 142 Å². The van der Waals surface area contributed by atoms with E-state index in [-0.39, 0.29) is 18.7 Å². The first-order valence-corrected chi connectivity index (χ1v) is 7.68. The SMILES string of the molecule is Cc1ccc(-c2cc(=O)n(CC(N)=O)c(CCCC(F)(F)F)n2)cc1. The van der Waals surface area contributed by atoms with E-state index in [2.05, 4.69) is 4.98 Å². The van der Waals surface area contributed by atoms with Crippen molar-refractivity contribution in [2.24, 2.45) is 5.73 Å². The minimum atomic E-state index is -4.29. The van der Waals surface area contributed by atoms with E-state index in [0.717, 1.165) is 10.1 Å². The van der Waals surface area contributed by atoms with Crippen LogP contribution in [0.2, 0.25) is 0 Å². The molecule has 2 rings (SSSR count). The van der Waals surface area contributed by atoms with Crippen LogP contribution in [-0.2, 0) is 17.8 Å². The normalized spacial score (nSPS) is 11.5. The maximum atomic E-state index is 12.4. The van der Waals surface area contributed by atoms with Gasteiger partial charge in [0.2, 0.25) is 5.91 Å². The average molecular weight is 353 g/mol. The lowest BCUT2D eigenvalue weighted by molar-refractivity contribution is -0.135. The molecule has 0 aliphatic carbocycles. The number of rotatable bonds is 6. The van der Waals surface area contributed by atoms with Crippen LogP contribution in [0.4, 0.5) is 13.2 Å². The number of hydrogen-bond donors (Lipinski definition) is 1. The molecule has 0 aliphatic heterocycles. The molecule has 1 amide bonds. The summed E-state index contributed by atoms with van der Waals surface area (Å²) in [7, 11) is 0. The molecular formula is C17H18F3N3O2. The van der Waals surface area contributed by atoms with Crippen molar-refractivity contribution in [3.8, 4) is 11.3 Å². The Balaban J connectivity index is 2.39. The Kier molecular flexibility index (Phi) is 5.61. The summed E-state index contributed by atoms with van der Waals surface area (Å²) < 4.78 is 38.1. The molecule has 0 bridgehead atoms. The number of primary amides is 1. The van der Waals surface area contributed by atoms with E-state index < -0.39 is 30.6 Å². The predicted octanol–water partition coefficient (Wildman–Crippen LogP) is 2.59. The summed E-state index contributed by atoms with van der Waals surface area (Å²) in [6.07, 6.45) is -5.59. The zero-order valence-electron chi connectivity index (χ0n) is 13.6. The number of carbonyl (C=O) groups is 1. The molecule has 0 spiro atoms. The maximum absolute atomic E-state index is 12.4. The molecule has 2 N–H and O–H groups in total. The molecule has 134 valence electrons. The van der Waals surface area contributed by atoms with Gasteiger partial charge in [0, 0.05) is 24.5 Å². The van der Waals surface area contributed by atoms with Crippen LogP contribution in [0.15, 0.2) is 35.1 Å². The summed E-state index contributed by atoms with van der Waals surface area (Å²) in [6, 6.07) is 8.48. The lowest BCUT2D eigenvalue weighted by atomic mass is 10.1. The summed E-state index contributed by atoms with van der Waals surface area (Å²) in [6.45, 7) is 1.49. The van der Waals surface area contributed by atoms with Gasteiger partial charge in [-0.25, -0.2) is 4.98 Å². The van der Waals surface area contributed by atoms with E-state index in [1.54, 1.807) is 12.1 Å². The van der Waals surface area contributed by atoms with Crippen molar-refractivity contribution in [1.82, 2.24) is 9.55 Å². The van der Waals surface area contributed by atoms with Crippen molar-refractivity contribution in [1.29, 1.82) is 0 Å². The van der Waals surface area contributed by atoms with Crippen LogP contribution in [-0.4, -0.2) is 21.6 Å². The minimum Gasteiger partial charge on any atom is -0.368 e. The van der Waals surface area contributed by atoms with Gasteiger partial charge in [0.1, 0.15) is 12.4 Å². The second-order valence-electron chi connectivity index (χ2n) is 5.78. The number of aryl methyl sites for hydroxylation is 2. The number of carbonyl (C=O) groups excluding carboxylic acids is 1. The van der Waals surface area contributed by atoms with Crippen LogP contribution in [0.25, 0.3) is 11.3 Å². The van der Waals surface area contributed by atoms with Crippen LogP contribution >= 0.6 is 0 Å². The van der Waals surface area contributed by atoms with Gasteiger partial charge in [0.05, 0.1) is 5.69 Å². The third-order valence-corrected chi connectivity index (χ3v) is 3.61. The topological polar surface area (TPSA) is 78.0 Å². The van der Waals surface area contributed by atoms with E-state index in [1.165, 1.54) is 6.07 Å². The maximum Gasteiger partial charge on any atom is 0.389 e. The highest BCUT2D eigenvalue weighted by Gasteiger charge is 2.26. The fourth-order valence-corrected chi connectivity index (χ4v) is 2.39. The Morgan fingerprint density at radius 3 is 2.44 bits per heavy atom. The van der Waals surface area contributed by atoms with Crippen LogP contribution in [0.1, 0.15) is 24.2 Å². The molecule has 5 nitrogen and oxygen atoms in total. The molecule has 8 heteroatoms. The van der Waals surface area contributed by atoms with Crippen LogP contribution in [0, 0.1) is 6.92 Å². The first-order valence-electron chi connectivity index (χ1n) is 7.68. The zero-order valence-corrected chi connectivity index (χ0v) is 13.6. The Hall–Kier alpha value is -2.64. The second kappa shape index (κ2) is 7.50. The van der Waals surface area contributed by atoms with Crippen LogP contribution in [0.5, 0.6) is 0 Å². The van der Waals surface area contributed by atoms with Gasteiger partial charge in [-0.3, -0.25) is 14.2 Å². The van der Waals surface area contributed by atoms with Crippen molar-refractivity contribution < 1.29 is 18.0 Å². The van der Waals surface area contributed by atoms with E-state index in [9.17, 15) is 22.8 Å². The Bertz CT molecular complexity index is 811. The summed E-state index contributed by atoms with van der Waals surface area (Å²) in [4.78, 5) is 27.7. The van der Waals surface area contributed by atoms with Crippen molar-refractivity contribution >= 4 is 5.91 Å². The van der Waals surface area contributed by atoms with Gasteiger partial charge >= 0.3 is 6.18 Å². The molecule has 25 heavy (non-hydrogen) atoms. The Morgan fingerprint density at radius 2 is 1.88 bits per heavy atom. The molecule has 0 unspecified atom stereocenters. The molecule has 0 saturated carbocycles.